The van der Waals surface area contributed by atoms with Crippen LogP contribution in [0.2, 0.25) is 0 Å². The van der Waals surface area contributed by atoms with Crippen molar-refractivity contribution in [3.05, 3.63) is 181 Å². The van der Waals surface area contributed by atoms with E-state index in [0.717, 1.165) is 27.6 Å². The molecule has 3 heterocycles. The summed E-state index contributed by atoms with van der Waals surface area (Å²) in [6, 6.07) is 63.1. The molecule has 0 amide bonds. The Labute approximate surface area is 330 Å². The van der Waals surface area contributed by atoms with Crippen molar-refractivity contribution in [3.8, 4) is 33.6 Å². The quantitative estimate of drug-likeness (QED) is 0.177. The lowest BCUT2D eigenvalue weighted by Gasteiger charge is -2.36. The molecule has 0 radical (unpaired) electrons. The van der Waals surface area contributed by atoms with Gasteiger partial charge in [-0.15, -0.1) is 0 Å². The normalized spacial score (nSPS) is 14.8. The van der Waals surface area contributed by atoms with Crippen molar-refractivity contribution in [1.29, 1.82) is 0 Å². The molecule has 0 unspecified atom stereocenters. The number of benzene rings is 8. The first-order valence-corrected chi connectivity index (χ1v) is 20.5. The van der Waals surface area contributed by atoms with Gasteiger partial charge >= 0.3 is 0 Å². The molecule has 270 valence electrons. The number of furan rings is 1. The van der Waals surface area contributed by atoms with E-state index in [1.807, 2.05) is 12.1 Å². The first kappa shape index (κ1) is 31.4. The van der Waals surface area contributed by atoms with Gasteiger partial charge in [0.1, 0.15) is 11.2 Å². The highest BCUT2D eigenvalue weighted by Crippen LogP contribution is 2.57. The van der Waals surface area contributed by atoms with Crippen LogP contribution >= 0.6 is 0 Å². The smallest absolute Gasteiger partial charge is 0.137 e. The molecule has 3 heteroatoms. The van der Waals surface area contributed by atoms with Gasteiger partial charge < -0.3 is 13.6 Å². The molecule has 3 nitrogen and oxygen atoms in total. The van der Waals surface area contributed by atoms with Crippen molar-refractivity contribution in [1.82, 2.24) is 9.13 Å². The van der Waals surface area contributed by atoms with Crippen LogP contribution in [0, 0.1) is 0 Å². The largest absolute Gasteiger partial charge is 0.456 e. The molecule has 0 atom stereocenters. The van der Waals surface area contributed by atoms with E-state index in [4.69, 9.17) is 4.42 Å². The Morgan fingerprint density at radius 3 is 1.82 bits per heavy atom. The molecular weight excluding hydrogens is 693 g/mol. The summed E-state index contributed by atoms with van der Waals surface area (Å²) >= 11 is 0. The van der Waals surface area contributed by atoms with Crippen LogP contribution in [0.1, 0.15) is 43.2 Å². The molecule has 3 aromatic heterocycles. The van der Waals surface area contributed by atoms with Crippen molar-refractivity contribution >= 4 is 65.6 Å². The van der Waals surface area contributed by atoms with E-state index in [1.54, 1.807) is 0 Å². The van der Waals surface area contributed by atoms with Crippen LogP contribution in [-0.4, -0.2) is 9.13 Å². The molecule has 2 aliphatic rings. The van der Waals surface area contributed by atoms with Crippen LogP contribution < -0.4 is 0 Å². The molecule has 0 bridgehead atoms. The summed E-state index contributed by atoms with van der Waals surface area (Å²) in [7, 11) is 0. The zero-order valence-electron chi connectivity index (χ0n) is 31.5. The van der Waals surface area contributed by atoms with Crippen LogP contribution in [0.15, 0.2) is 174 Å². The van der Waals surface area contributed by atoms with Crippen molar-refractivity contribution in [2.45, 2.75) is 37.5 Å². The Balaban J connectivity index is 1.02. The van der Waals surface area contributed by atoms with Crippen LogP contribution in [0.25, 0.3) is 99.2 Å². The van der Waals surface area contributed by atoms with Gasteiger partial charge in [0.15, 0.2) is 0 Å². The van der Waals surface area contributed by atoms with Gasteiger partial charge in [-0.1, -0.05) is 110 Å². The molecule has 11 aromatic rings. The number of fused-ring (bicyclic) bond motifs is 14. The highest BCUT2D eigenvalue weighted by Gasteiger charge is 2.44. The Morgan fingerprint density at radius 1 is 0.368 bits per heavy atom. The third kappa shape index (κ3) is 4.32. The van der Waals surface area contributed by atoms with E-state index in [1.165, 1.54) is 115 Å². The Morgan fingerprint density at radius 2 is 1.00 bits per heavy atom. The summed E-state index contributed by atoms with van der Waals surface area (Å²) in [5.74, 6) is 0. The average Bonchev–Trinajstić information content (AvgIpc) is 3.98. The van der Waals surface area contributed by atoms with Gasteiger partial charge in [-0.2, -0.15) is 0 Å². The molecule has 0 aliphatic heterocycles. The Kier molecular flexibility index (Phi) is 6.38. The third-order valence-corrected chi connectivity index (χ3v) is 13.5. The van der Waals surface area contributed by atoms with Gasteiger partial charge in [0, 0.05) is 55.2 Å². The predicted molar refractivity (Wildman–Crippen MR) is 237 cm³/mol. The molecule has 8 aromatic carbocycles. The fourth-order valence-corrected chi connectivity index (χ4v) is 11.0. The highest BCUT2D eigenvalue weighted by molar-refractivity contribution is 6.14. The maximum absolute atomic E-state index is 6.35. The average molecular weight is 731 g/mol. The Hall–Kier alpha value is -6.84. The summed E-state index contributed by atoms with van der Waals surface area (Å²) in [5.41, 5.74) is 17.5. The summed E-state index contributed by atoms with van der Waals surface area (Å²) < 4.78 is 11.2. The summed E-state index contributed by atoms with van der Waals surface area (Å²) in [6.07, 6.45) is 6.36. The molecule has 13 rings (SSSR count). The van der Waals surface area contributed by atoms with E-state index < -0.39 is 0 Å². The Bertz CT molecular complexity index is 3440. The van der Waals surface area contributed by atoms with E-state index in [0.29, 0.717) is 0 Å². The van der Waals surface area contributed by atoms with E-state index in [-0.39, 0.29) is 5.41 Å². The highest BCUT2D eigenvalue weighted by atomic mass is 16.3. The zero-order valence-corrected chi connectivity index (χ0v) is 31.5. The van der Waals surface area contributed by atoms with Crippen molar-refractivity contribution in [2.24, 2.45) is 0 Å². The molecule has 2 aliphatic carbocycles. The lowest BCUT2D eigenvalue weighted by Crippen LogP contribution is -2.27. The van der Waals surface area contributed by atoms with E-state index in [2.05, 4.69) is 167 Å². The minimum absolute atomic E-state index is 0.103. The second-order valence-electron chi connectivity index (χ2n) is 16.4. The number of hydrogen-bond donors (Lipinski definition) is 0. The van der Waals surface area contributed by atoms with Gasteiger partial charge in [0.05, 0.1) is 22.1 Å². The zero-order chi connectivity index (χ0) is 37.2. The van der Waals surface area contributed by atoms with Crippen molar-refractivity contribution in [3.63, 3.8) is 0 Å². The molecule has 1 saturated carbocycles. The third-order valence-electron chi connectivity index (χ3n) is 13.5. The fraction of sp³-hybridized carbons (Fsp3) is 0.111. The summed E-state index contributed by atoms with van der Waals surface area (Å²) in [4.78, 5) is 0. The lowest BCUT2D eigenvalue weighted by molar-refractivity contribution is 0.353. The van der Waals surface area contributed by atoms with E-state index in [9.17, 15) is 0 Å². The number of rotatable bonds is 3. The topological polar surface area (TPSA) is 23.0 Å². The van der Waals surface area contributed by atoms with Gasteiger partial charge in [0.25, 0.3) is 0 Å². The van der Waals surface area contributed by atoms with Gasteiger partial charge in [-0.05, 0) is 119 Å². The molecule has 0 saturated heterocycles. The minimum atomic E-state index is 0.103. The summed E-state index contributed by atoms with van der Waals surface area (Å²) in [6.45, 7) is 0. The molecule has 1 spiro atoms. The molecule has 57 heavy (non-hydrogen) atoms. The van der Waals surface area contributed by atoms with E-state index >= 15 is 0 Å². The number of para-hydroxylation sites is 3. The van der Waals surface area contributed by atoms with Gasteiger partial charge in [-0.3, -0.25) is 0 Å². The van der Waals surface area contributed by atoms with Crippen LogP contribution in [0.5, 0.6) is 0 Å². The minimum Gasteiger partial charge on any atom is -0.456 e. The monoisotopic (exact) mass is 730 g/mol. The first-order valence-electron chi connectivity index (χ1n) is 20.5. The molecule has 0 N–H and O–H groups in total. The van der Waals surface area contributed by atoms with Gasteiger partial charge in [-0.25, -0.2) is 0 Å². The molecular formula is C54H38N2O. The number of hydrogen-bond acceptors (Lipinski definition) is 1. The fourth-order valence-electron chi connectivity index (χ4n) is 11.0. The number of aromatic nitrogens is 2. The van der Waals surface area contributed by atoms with Crippen LogP contribution in [0.4, 0.5) is 0 Å². The first-order chi connectivity index (χ1) is 28.2. The second kappa shape index (κ2) is 11.6. The maximum atomic E-state index is 6.35. The lowest BCUT2D eigenvalue weighted by atomic mass is 9.68. The summed E-state index contributed by atoms with van der Waals surface area (Å²) in [5, 5.41) is 7.43. The van der Waals surface area contributed by atoms with Crippen molar-refractivity contribution in [2.75, 3.05) is 0 Å². The second-order valence-corrected chi connectivity index (χ2v) is 16.4. The van der Waals surface area contributed by atoms with Crippen molar-refractivity contribution < 1.29 is 4.42 Å². The van der Waals surface area contributed by atoms with Crippen LogP contribution in [0.3, 0.4) is 0 Å². The number of nitrogens with zero attached hydrogens (tertiary/aromatic N) is 2. The predicted octanol–water partition coefficient (Wildman–Crippen LogP) is 14.7. The van der Waals surface area contributed by atoms with Gasteiger partial charge in [0.2, 0.25) is 0 Å². The van der Waals surface area contributed by atoms with Crippen LogP contribution in [-0.2, 0) is 5.41 Å². The standard InChI is InChI=1S/C54H38N2O/c1-3-13-36(14-4-1)55-50-26-22-35(30-44(50)45-32-47-42(33-51(45)55)38-15-5-8-18-46(38)54(47)27-11-2-12-28-54)34-21-25-49-43(29-34)39-16-6-9-19-48(39)56(49)37-23-24-41-40-17-7-10-20-52(40)57-53(41)31-37/h1,3-10,13-26,29-33H,2,11-12,27-28H2. The molecule has 1 fully saturated rings. The SMILES string of the molecule is c1ccc(-n2c3ccc(-c4ccc5c(c4)c4ccccc4n5-c4ccc5c(c4)oc4ccccc45)cc3c3cc4c(cc32)-c2ccccc2C42CCCCC2)cc1. The maximum Gasteiger partial charge on any atom is 0.137 e.